The summed E-state index contributed by atoms with van der Waals surface area (Å²) in [5.74, 6) is 0. The molecule has 0 radical (unpaired) electrons. The van der Waals surface area contributed by atoms with E-state index >= 15 is 0 Å². The number of benzene rings is 4. The van der Waals surface area contributed by atoms with E-state index in [4.69, 9.17) is 0 Å². The topological polar surface area (TPSA) is 6.48 Å². The first kappa shape index (κ1) is 18.3. The lowest BCUT2D eigenvalue weighted by atomic mass is 10.0. The zero-order valence-electron chi connectivity index (χ0n) is 17.0. The highest BCUT2D eigenvalue weighted by atomic mass is 15.4. The van der Waals surface area contributed by atoms with Crippen LogP contribution >= 0.6 is 0 Å². The van der Waals surface area contributed by atoms with Gasteiger partial charge in [0, 0.05) is 22.5 Å². The molecule has 0 fully saturated rings. The molecular formula is C28H24N2. The Morgan fingerprint density at radius 2 is 0.733 bits per heavy atom. The van der Waals surface area contributed by atoms with Crippen molar-refractivity contribution in [2.24, 2.45) is 0 Å². The van der Waals surface area contributed by atoms with Gasteiger partial charge < -0.3 is 9.80 Å². The van der Waals surface area contributed by atoms with Crippen LogP contribution in [0.2, 0.25) is 0 Å². The summed E-state index contributed by atoms with van der Waals surface area (Å²) < 4.78 is 0. The molecule has 0 saturated heterocycles. The zero-order valence-corrected chi connectivity index (χ0v) is 17.0. The molecule has 0 N–H and O–H groups in total. The van der Waals surface area contributed by atoms with Gasteiger partial charge in [-0.1, -0.05) is 97.1 Å². The third kappa shape index (κ3) is 3.17. The first-order chi connectivity index (χ1) is 14.8. The molecule has 0 aromatic heterocycles. The monoisotopic (exact) mass is 388 g/mol. The van der Waals surface area contributed by atoms with E-state index in [1.807, 2.05) is 0 Å². The summed E-state index contributed by atoms with van der Waals surface area (Å²) in [6.07, 6.45) is 0.125. The fourth-order valence-electron chi connectivity index (χ4n) is 4.33. The Labute approximate surface area is 178 Å². The Kier molecular flexibility index (Phi) is 4.82. The van der Waals surface area contributed by atoms with Crippen molar-refractivity contribution in [3.8, 4) is 0 Å². The third-order valence-corrected chi connectivity index (χ3v) is 5.62. The van der Waals surface area contributed by atoms with E-state index in [0.29, 0.717) is 0 Å². The fraction of sp³-hybridized carbons (Fsp3) is 0.0714. The van der Waals surface area contributed by atoms with Crippen LogP contribution in [0.4, 0.5) is 11.4 Å². The minimum Gasteiger partial charge on any atom is -0.318 e. The van der Waals surface area contributed by atoms with E-state index in [-0.39, 0.29) is 6.17 Å². The van der Waals surface area contributed by atoms with E-state index in [0.717, 1.165) is 0 Å². The second-order valence-corrected chi connectivity index (χ2v) is 7.47. The van der Waals surface area contributed by atoms with Gasteiger partial charge in [-0.2, -0.15) is 0 Å². The molecule has 0 bridgehead atoms. The van der Waals surface area contributed by atoms with Crippen LogP contribution < -0.4 is 9.80 Å². The number of nitrogens with zero attached hydrogens (tertiary/aromatic N) is 2. The van der Waals surface area contributed by atoms with Gasteiger partial charge in [-0.3, -0.25) is 0 Å². The maximum Gasteiger partial charge on any atom is 0.108 e. The van der Waals surface area contributed by atoms with Crippen molar-refractivity contribution in [3.05, 3.63) is 132 Å². The highest BCUT2D eigenvalue weighted by Crippen LogP contribution is 2.45. The van der Waals surface area contributed by atoms with Crippen LogP contribution in [-0.2, 0) is 0 Å². The smallest absolute Gasteiger partial charge is 0.108 e. The third-order valence-electron chi connectivity index (χ3n) is 5.62. The summed E-state index contributed by atoms with van der Waals surface area (Å²) >= 11 is 0. The molecule has 0 unspecified atom stereocenters. The molecule has 2 nitrogen and oxygen atoms in total. The number of hydrogen-bond acceptors (Lipinski definition) is 2. The van der Waals surface area contributed by atoms with Crippen molar-refractivity contribution in [1.82, 2.24) is 0 Å². The van der Waals surface area contributed by atoms with E-state index < -0.39 is 0 Å². The Bertz CT molecular complexity index is 1040. The molecule has 146 valence electrons. The average molecular weight is 389 g/mol. The molecule has 1 heterocycles. The van der Waals surface area contributed by atoms with Crippen molar-refractivity contribution in [2.75, 3.05) is 9.80 Å². The van der Waals surface area contributed by atoms with Gasteiger partial charge in [-0.15, -0.1) is 0 Å². The number of para-hydroxylation sites is 2. The van der Waals surface area contributed by atoms with Crippen molar-refractivity contribution in [2.45, 2.75) is 13.1 Å². The Balaban J connectivity index is 1.82. The standard InChI is InChI=1S/C28H24N2/c1-22-29(25-18-10-4-11-19-25)27(23-14-6-2-7-15-23)28(24-16-8-3-9-17-24)30(22)26-20-12-5-13-21-26/h2-22H,1H3. The van der Waals surface area contributed by atoms with Gasteiger partial charge >= 0.3 is 0 Å². The zero-order chi connectivity index (χ0) is 20.3. The molecule has 4 aromatic carbocycles. The predicted octanol–water partition coefficient (Wildman–Crippen LogP) is 6.89. The van der Waals surface area contributed by atoms with Crippen LogP contribution in [0.25, 0.3) is 11.4 Å². The maximum absolute atomic E-state index is 2.45. The number of hydrogen-bond donors (Lipinski definition) is 0. The molecule has 4 aromatic rings. The maximum atomic E-state index is 2.45. The molecule has 1 aliphatic rings. The normalized spacial score (nSPS) is 14.4. The number of anilines is 2. The largest absolute Gasteiger partial charge is 0.318 e. The summed E-state index contributed by atoms with van der Waals surface area (Å²) in [5, 5.41) is 0. The highest BCUT2D eigenvalue weighted by Gasteiger charge is 2.38. The summed E-state index contributed by atoms with van der Waals surface area (Å²) in [4.78, 5) is 4.90. The summed E-state index contributed by atoms with van der Waals surface area (Å²) in [5.41, 5.74) is 7.26. The Morgan fingerprint density at radius 1 is 0.433 bits per heavy atom. The van der Waals surface area contributed by atoms with Crippen LogP contribution in [0, 0.1) is 0 Å². The van der Waals surface area contributed by atoms with Gasteiger partial charge in [0.1, 0.15) is 6.17 Å². The van der Waals surface area contributed by atoms with Crippen LogP contribution in [0.5, 0.6) is 0 Å². The molecule has 1 aliphatic heterocycles. The van der Waals surface area contributed by atoms with Crippen molar-refractivity contribution in [3.63, 3.8) is 0 Å². The van der Waals surface area contributed by atoms with Gasteiger partial charge in [0.25, 0.3) is 0 Å². The van der Waals surface area contributed by atoms with E-state index in [9.17, 15) is 0 Å². The lowest BCUT2D eigenvalue weighted by Gasteiger charge is -2.32. The Morgan fingerprint density at radius 3 is 1.07 bits per heavy atom. The first-order valence-electron chi connectivity index (χ1n) is 10.4. The second-order valence-electron chi connectivity index (χ2n) is 7.47. The van der Waals surface area contributed by atoms with E-state index in [1.165, 1.54) is 33.9 Å². The molecule has 0 spiro atoms. The van der Waals surface area contributed by atoms with Gasteiger partial charge in [0.2, 0.25) is 0 Å². The van der Waals surface area contributed by atoms with Crippen molar-refractivity contribution in [1.29, 1.82) is 0 Å². The second kappa shape index (κ2) is 7.92. The molecule has 30 heavy (non-hydrogen) atoms. The molecule has 0 atom stereocenters. The summed E-state index contributed by atoms with van der Waals surface area (Å²) in [6, 6.07) is 42.8. The van der Waals surface area contributed by atoms with Crippen molar-refractivity contribution < 1.29 is 0 Å². The van der Waals surface area contributed by atoms with Crippen LogP contribution in [0.15, 0.2) is 121 Å². The van der Waals surface area contributed by atoms with Crippen molar-refractivity contribution >= 4 is 22.8 Å². The summed E-state index contributed by atoms with van der Waals surface area (Å²) in [6.45, 7) is 2.28. The lowest BCUT2D eigenvalue weighted by Crippen LogP contribution is -2.37. The molecule has 0 aliphatic carbocycles. The summed E-state index contributed by atoms with van der Waals surface area (Å²) in [7, 11) is 0. The molecule has 5 rings (SSSR count). The van der Waals surface area contributed by atoms with E-state index in [2.05, 4.69) is 138 Å². The van der Waals surface area contributed by atoms with Gasteiger partial charge in [-0.25, -0.2) is 0 Å². The van der Waals surface area contributed by atoms with Gasteiger partial charge in [-0.05, 0) is 31.2 Å². The van der Waals surface area contributed by atoms with E-state index in [1.54, 1.807) is 0 Å². The molecule has 0 amide bonds. The van der Waals surface area contributed by atoms with Gasteiger partial charge in [0.15, 0.2) is 0 Å². The highest BCUT2D eigenvalue weighted by molar-refractivity contribution is 6.06. The fourth-order valence-corrected chi connectivity index (χ4v) is 4.33. The predicted molar refractivity (Wildman–Crippen MR) is 127 cm³/mol. The minimum atomic E-state index is 0.125. The van der Waals surface area contributed by atoms with Crippen LogP contribution in [0.1, 0.15) is 18.1 Å². The molecular weight excluding hydrogens is 364 g/mol. The first-order valence-corrected chi connectivity index (χ1v) is 10.4. The quantitative estimate of drug-likeness (QED) is 0.376. The van der Waals surface area contributed by atoms with Gasteiger partial charge in [0.05, 0.1) is 11.4 Å². The van der Waals surface area contributed by atoms with Crippen LogP contribution in [-0.4, -0.2) is 6.17 Å². The minimum absolute atomic E-state index is 0.125. The molecule has 2 heteroatoms. The SMILES string of the molecule is CC1N(c2ccccc2)C(c2ccccc2)=C(c2ccccc2)N1c1ccccc1. The Hall–Kier alpha value is -3.78. The average Bonchev–Trinajstić information content (AvgIpc) is 3.14. The number of rotatable bonds is 4. The molecule has 0 saturated carbocycles. The van der Waals surface area contributed by atoms with Crippen LogP contribution in [0.3, 0.4) is 0 Å². The lowest BCUT2D eigenvalue weighted by molar-refractivity contribution is 0.760.